The molecule has 0 aliphatic heterocycles. The molecule has 0 spiro atoms. The maximum absolute atomic E-state index is 2.44. The number of para-hydroxylation sites is 3. The Morgan fingerprint density at radius 1 is 0.397 bits per heavy atom. The summed E-state index contributed by atoms with van der Waals surface area (Å²) in [6, 6.07) is 77.4. The molecule has 0 atom stereocenters. The number of thiophene rings is 1. The summed E-state index contributed by atoms with van der Waals surface area (Å²) >= 11 is 1.88. The normalized spacial score (nSPS) is 11.5. The van der Waals surface area contributed by atoms with E-state index in [4.69, 9.17) is 0 Å². The number of aromatic nitrogens is 1. The number of nitrogens with zero attached hydrogens (tertiary/aromatic N) is 2. The van der Waals surface area contributed by atoms with Crippen LogP contribution in [0.4, 0.5) is 17.1 Å². The first-order valence-electron chi connectivity index (χ1n) is 19.8. The van der Waals surface area contributed by atoms with E-state index in [1.807, 2.05) is 11.3 Å². The first-order chi connectivity index (χ1) is 28.7. The van der Waals surface area contributed by atoms with Gasteiger partial charge in [-0.15, -0.1) is 11.3 Å². The van der Waals surface area contributed by atoms with Crippen LogP contribution in [0.25, 0.3) is 81.0 Å². The third kappa shape index (κ3) is 5.71. The molecule has 0 unspecified atom stereocenters. The number of rotatable bonds is 7. The van der Waals surface area contributed by atoms with E-state index in [-0.39, 0.29) is 0 Å². The van der Waals surface area contributed by atoms with Gasteiger partial charge in [0, 0.05) is 59.3 Å². The molecule has 0 radical (unpaired) electrons. The Morgan fingerprint density at radius 2 is 0.948 bits per heavy atom. The van der Waals surface area contributed by atoms with Crippen LogP contribution in [0.3, 0.4) is 0 Å². The molecule has 2 nitrogen and oxygen atoms in total. The van der Waals surface area contributed by atoms with Crippen LogP contribution in [0.5, 0.6) is 0 Å². The molecular weight excluding hydrogens is 721 g/mol. The van der Waals surface area contributed by atoms with E-state index in [0.29, 0.717) is 0 Å². The highest BCUT2D eigenvalue weighted by Gasteiger charge is 2.22. The lowest BCUT2D eigenvalue weighted by atomic mass is 9.90. The Bertz CT molecular complexity index is 3230. The number of hydrogen-bond donors (Lipinski definition) is 0. The minimum atomic E-state index is 1.11. The van der Waals surface area contributed by atoms with Crippen molar-refractivity contribution >= 4 is 70.4 Å². The van der Waals surface area contributed by atoms with Gasteiger partial charge in [0.1, 0.15) is 0 Å². The second-order valence-corrected chi connectivity index (χ2v) is 16.0. The summed E-state index contributed by atoms with van der Waals surface area (Å²) in [5.41, 5.74) is 15.4. The lowest BCUT2D eigenvalue weighted by Crippen LogP contribution is -2.11. The van der Waals surface area contributed by atoms with Crippen molar-refractivity contribution in [1.82, 2.24) is 4.57 Å². The van der Waals surface area contributed by atoms with E-state index >= 15 is 0 Å². The topological polar surface area (TPSA) is 8.17 Å². The lowest BCUT2D eigenvalue weighted by molar-refractivity contribution is 1.18. The predicted octanol–water partition coefficient (Wildman–Crippen LogP) is 15.9. The largest absolute Gasteiger partial charge is 0.310 e. The number of hydrogen-bond acceptors (Lipinski definition) is 2. The van der Waals surface area contributed by atoms with Gasteiger partial charge in [-0.3, -0.25) is 0 Å². The van der Waals surface area contributed by atoms with E-state index in [2.05, 4.69) is 229 Å². The van der Waals surface area contributed by atoms with Crippen molar-refractivity contribution in [3.8, 4) is 39.1 Å². The van der Waals surface area contributed by atoms with Gasteiger partial charge in [0.25, 0.3) is 0 Å². The Morgan fingerprint density at radius 3 is 1.66 bits per heavy atom. The van der Waals surface area contributed by atoms with Gasteiger partial charge in [-0.25, -0.2) is 0 Å². The SMILES string of the molecule is Cc1cc(N(c2ccccc2)c2cc(-c3cccc(-n4c5ccccc5c5ccccc54)c3)c3sc4ccccc4c3c2)cc(-c2ccccc2)c1-c1ccccc1. The standard InChI is InChI=1S/C55H38N2S/c1-37-32-43(34-48(38-18-5-2-6-19-38)54(37)39-20-7-3-8-21-39)56(41-23-9-4-10-24-41)44-35-49(55-50(36-44)47-28-13-16-31-53(47)58-55)40-22-17-25-42(33-40)57-51-29-14-11-26-45(51)46-27-12-15-30-52(46)57/h2-36H,1H3. The van der Waals surface area contributed by atoms with Gasteiger partial charge in [0.05, 0.1) is 11.0 Å². The van der Waals surface area contributed by atoms with Gasteiger partial charge in [0.15, 0.2) is 0 Å². The van der Waals surface area contributed by atoms with Crippen LogP contribution in [0.2, 0.25) is 0 Å². The highest BCUT2D eigenvalue weighted by Crippen LogP contribution is 2.48. The number of benzene rings is 9. The van der Waals surface area contributed by atoms with Crippen molar-refractivity contribution in [2.24, 2.45) is 0 Å². The third-order valence-corrected chi connectivity index (χ3v) is 12.7. The zero-order valence-electron chi connectivity index (χ0n) is 32.0. The predicted molar refractivity (Wildman–Crippen MR) is 249 cm³/mol. The minimum Gasteiger partial charge on any atom is -0.310 e. The van der Waals surface area contributed by atoms with Crippen molar-refractivity contribution in [2.45, 2.75) is 6.92 Å². The first-order valence-corrected chi connectivity index (χ1v) is 20.7. The van der Waals surface area contributed by atoms with Crippen LogP contribution in [0.15, 0.2) is 212 Å². The lowest BCUT2D eigenvalue weighted by Gasteiger charge is -2.28. The molecule has 3 heteroatoms. The zero-order valence-corrected chi connectivity index (χ0v) is 32.8. The molecule has 0 fully saturated rings. The maximum atomic E-state index is 2.44. The summed E-state index contributed by atoms with van der Waals surface area (Å²) in [5.74, 6) is 0. The summed E-state index contributed by atoms with van der Waals surface area (Å²) in [5, 5.41) is 5.06. The van der Waals surface area contributed by atoms with Crippen LogP contribution in [-0.4, -0.2) is 4.57 Å². The second-order valence-electron chi connectivity index (χ2n) is 15.0. The van der Waals surface area contributed by atoms with Crippen LogP contribution in [0.1, 0.15) is 5.56 Å². The van der Waals surface area contributed by atoms with Crippen molar-refractivity contribution in [3.63, 3.8) is 0 Å². The fourth-order valence-corrected chi connectivity index (χ4v) is 10.1. The van der Waals surface area contributed by atoms with Crippen molar-refractivity contribution < 1.29 is 0 Å². The van der Waals surface area contributed by atoms with Crippen LogP contribution < -0.4 is 4.90 Å². The molecular formula is C55H38N2S. The highest BCUT2D eigenvalue weighted by atomic mass is 32.1. The number of anilines is 3. The van der Waals surface area contributed by atoms with E-state index in [1.54, 1.807) is 0 Å². The van der Waals surface area contributed by atoms with Crippen molar-refractivity contribution in [3.05, 3.63) is 218 Å². The Balaban J connectivity index is 1.17. The van der Waals surface area contributed by atoms with Crippen molar-refractivity contribution in [2.75, 3.05) is 4.90 Å². The molecule has 0 bridgehead atoms. The van der Waals surface area contributed by atoms with E-state index in [9.17, 15) is 0 Å². The zero-order chi connectivity index (χ0) is 38.6. The van der Waals surface area contributed by atoms with Crippen LogP contribution >= 0.6 is 11.3 Å². The van der Waals surface area contributed by atoms with Gasteiger partial charge >= 0.3 is 0 Å². The van der Waals surface area contributed by atoms with E-state index in [0.717, 1.165) is 22.7 Å². The highest BCUT2D eigenvalue weighted by molar-refractivity contribution is 7.26. The molecule has 58 heavy (non-hydrogen) atoms. The minimum absolute atomic E-state index is 1.11. The monoisotopic (exact) mass is 758 g/mol. The Hall–Kier alpha value is -7.20. The second kappa shape index (κ2) is 14.1. The molecule has 2 heterocycles. The molecule has 274 valence electrons. The fraction of sp³-hybridized carbons (Fsp3) is 0.0182. The maximum Gasteiger partial charge on any atom is 0.0541 e. The Kier molecular flexibility index (Phi) is 8.27. The number of aryl methyl sites for hydroxylation is 1. The summed E-state index contributed by atoms with van der Waals surface area (Å²) in [6.45, 7) is 2.25. The molecule has 2 aromatic heterocycles. The third-order valence-electron chi connectivity index (χ3n) is 11.5. The van der Waals surface area contributed by atoms with Gasteiger partial charge in [-0.1, -0.05) is 146 Å². The molecule has 0 amide bonds. The number of fused-ring (bicyclic) bond motifs is 6. The van der Waals surface area contributed by atoms with Gasteiger partial charge in [-0.2, -0.15) is 0 Å². The fourth-order valence-electron chi connectivity index (χ4n) is 8.92. The quantitative estimate of drug-likeness (QED) is 0.157. The average molecular weight is 759 g/mol. The van der Waals surface area contributed by atoms with Gasteiger partial charge in [-0.05, 0) is 107 Å². The van der Waals surface area contributed by atoms with Crippen molar-refractivity contribution in [1.29, 1.82) is 0 Å². The van der Waals surface area contributed by atoms with Gasteiger partial charge in [0.2, 0.25) is 0 Å². The molecule has 11 aromatic rings. The summed E-state index contributed by atoms with van der Waals surface area (Å²) in [6.07, 6.45) is 0. The van der Waals surface area contributed by atoms with Crippen LogP contribution in [-0.2, 0) is 0 Å². The summed E-state index contributed by atoms with van der Waals surface area (Å²) in [4.78, 5) is 2.44. The first kappa shape index (κ1) is 34.1. The molecule has 9 aromatic carbocycles. The Labute approximate surface area is 342 Å². The van der Waals surface area contributed by atoms with E-state index < -0.39 is 0 Å². The summed E-state index contributed by atoms with van der Waals surface area (Å²) < 4.78 is 4.99. The molecule has 0 aliphatic carbocycles. The average Bonchev–Trinajstić information content (AvgIpc) is 3.83. The smallest absolute Gasteiger partial charge is 0.0541 e. The molecule has 0 saturated heterocycles. The molecule has 0 N–H and O–H groups in total. The molecule has 11 rings (SSSR count). The van der Waals surface area contributed by atoms with Gasteiger partial charge < -0.3 is 9.47 Å². The molecule has 0 saturated carbocycles. The molecule has 0 aliphatic rings. The van der Waals surface area contributed by atoms with Crippen LogP contribution in [0, 0.1) is 6.92 Å². The summed E-state index contributed by atoms with van der Waals surface area (Å²) in [7, 11) is 0. The van der Waals surface area contributed by atoms with E-state index in [1.165, 1.54) is 80.9 Å².